The van der Waals surface area contributed by atoms with Crippen LogP contribution in [0.3, 0.4) is 0 Å². The molecule has 0 aliphatic carbocycles. The van der Waals surface area contributed by atoms with E-state index in [0.29, 0.717) is 0 Å². The molecule has 3 heteroatoms. The van der Waals surface area contributed by atoms with Crippen molar-refractivity contribution in [3.8, 4) is 0 Å². The zero-order valence-electron chi connectivity index (χ0n) is 6.83. The molecule has 1 aromatic rings. The minimum atomic E-state index is -0.358. The maximum Gasteiger partial charge on any atom is 0.324 e. The predicted octanol–water partition coefficient (Wildman–Crippen LogP) is -0.0742. The molecule has 0 atom stereocenters. The lowest BCUT2D eigenvalue weighted by molar-refractivity contribution is 0.282. The summed E-state index contributed by atoms with van der Waals surface area (Å²) in [7, 11) is 0. The smallest absolute Gasteiger partial charge is 0.324 e. The van der Waals surface area contributed by atoms with Crippen molar-refractivity contribution in [2.24, 2.45) is 0 Å². The van der Waals surface area contributed by atoms with Crippen LogP contribution in [0.25, 0.3) is 0 Å². The Hall–Kier alpha value is -0.795. The first-order chi connectivity index (χ1) is 5.83. The summed E-state index contributed by atoms with van der Waals surface area (Å²) >= 11 is 0. The number of hydrogen-bond donors (Lipinski definition) is 2. The summed E-state index contributed by atoms with van der Waals surface area (Å²) in [5.41, 5.74) is 3.02. The van der Waals surface area contributed by atoms with Gasteiger partial charge in [0.15, 0.2) is 0 Å². The first-order valence-corrected chi connectivity index (χ1v) is 4.22. The molecule has 62 valence electrons. The third kappa shape index (κ3) is 1.06. The molecular formula is C9H11BO2. The van der Waals surface area contributed by atoms with E-state index in [0.717, 1.165) is 23.8 Å². The van der Waals surface area contributed by atoms with Crippen molar-refractivity contribution in [2.75, 3.05) is 0 Å². The molecule has 0 saturated heterocycles. The van der Waals surface area contributed by atoms with Crippen molar-refractivity contribution < 1.29 is 10.1 Å². The molecule has 0 radical (unpaired) electrons. The number of hydrogen-bond acceptors (Lipinski definition) is 2. The Morgan fingerprint density at radius 3 is 3.00 bits per heavy atom. The Morgan fingerprint density at radius 2 is 2.25 bits per heavy atom. The average Bonchev–Trinajstić information content (AvgIpc) is 2.48. The van der Waals surface area contributed by atoms with Crippen LogP contribution in [0.4, 0.5) is 0 Å². The maximum atomic E-state index is 9.58. The molecule has 1 aliphatic rings. The number of benzene rings is 1. The number of aliphatic hydroxyl groups excluding tert-OH is 1. The first kappa shape index (κ1) is 7.83. The van der Waals surface area contributed by atoms with Crippen molar-refractivity contribution in [2.45, 2.75) is 19.3 Å². The number of aryl methyl sites for hydroxylation is 1. The molecule has 0 spiro atoms. The summed E-state index contributed by atoms with van der Waals surface area (Å²) < 4.78 is 0. The van der Waals surface area contributed by atoms with Crippen LogP contribution in [0.15, 0.2) is 18.2 Å². The van der Waals surface area contributed by atoms with Crippen molar-refractivity contribution >= 4 is 12.4 Å². The lowest BCUT2D eigenvalue weighted by Crippen LogP contribution is -2.29. The predicted molar refractivity (Wildman–Crippen MR) is 48.5 cm³/mol. The van der Waals surface area contributed by atoms with Gasteiger partial charge < -0.3 is 10.1 Å². The fourth-order valence-corrected chi connectivity index (χ4v) is 1.89. The highest BCUT2D eigenvalue weighted by molar-refractivity contribution is 6.68. The molecule has 1 aliphatic heterocycles. The van der Waals surface area contributed by atoms with Gasteiger partial charge in [-0.25, -0.2) is 0 Å². The Bertz CT molecular complexity index is 299. The third-order valence-corrected chi connectivity index (χ3v) is 2.48. The van der Waals surface area contributed by atoms with Gasteiger partial charge in [-0.05, 0) is 23.8 Å². The minimum Gasteiger partial charge on any atom is -0.446 e. The van der Waals surface area contributed by atoms with Gasteiger partial charge in [0.25, 0.3) is 0 Å². The first-order valence-electron chi connectivity index (χ1n) is 4.22. The van der Waals surface area contributed by atoms with Crippen molar-refractivity contribution in [3.05, 3.63) is 29.3 Å². The molecule has 2 nitrogen and oxygen atoms in total. The monoisotopic (exact) mass is 162 g/mol. The van der Waals surface area contributed by atoms with E-state index < -0.39 is 0 Å². The third-order valence-electron chi connectivity index (χ3n) is 2.48. The lowest BCUT2D eigenvalue weighted by Gasteiger charge is -2.06. The van der Waals surface area contributed by atoms with Gasteiger partial charge in [-0.2, -0.15) is 0 Å². The standard InChI is InChI=1S/C9H11BO2/c11-6-8-3-1-2-7-4-5-10(12)9(7)8/h1-3,11-12H,4-6H2. The van der Waals surface area contributed by atoms with Crippen LogP contribution in [-0.4, -0.2) is 17.0 Å². The summed E-state index contributed by atoms with van der Waals surface area (Å²) in [5.74, 6) is 0. The molecule has 1 aromatic carbocycles. The van der Waals surface area contributed by atoms with E-state index in [9.17, 15) is 5.02 Å². The van der Waals surface area contributed by atoms with Gasteiger partial charge in [-0.15, -0.1) is 0 Å². The molecule has 2 N–H and O–H groups in total. The summed E-state index contributed by atoms with van der Waals surface area (Å²) in [6, 6.07) is 5.82. The summed E-state index contributed by atoms with van der Waals surface area (Å²) in [6.07, 6.45) is 1.73. The van der Waals surface area contributed by atoms with E-state index in [1.165, 1.54) is 5.56 Å². The van der Waals surface area contributed by atoms with Crippen LogP contribution in [-0.2, 0) is 13.0 Å². The Labute approximate surface area is 72.0 Å². The molecule has 1 heterocycles. The van der Waals surface area contributed by atoms with Gasteiger partial charge in [0.05, 0.1) is 6.61 Å². The van der Waals surface area contributed by atoms with E-state index in [-0.39, 0.29) is 13.5 Å². The van der Waals surface area contributed by atoms with E-state index in [4.69, 9.17) is 5.11 Å². The Balaban J connectivity index is 2.53. The fraction of sp³-hybridized carbons (Fsp3) is 0.333. The minimum absolute atomic E-state index is 0.0280. The van der Waals surface area contributed by atoms with Crippen LogP contribution in [0.2, 0.25) is 6.32 Å². The summed E-state index contributed by atoms with van der Waals surface area (Å²) in [6.45, 7) is -0.330. The molecule has 0 fully saturated rings. The van der Waals surface area contributed by atoms with Gasteiger partial charge in [-0.3, -0.25) is 0 Å². The van der Waals surface area contributed by atoms with Crippen molar-refractivity contribution in [1.29, 1.82) is 0 Å². The topological polar surface area (TPSA) is 40.5 Å². The molecule has 0 amide bonds. The lowest BCUT2D eigenvalue weighted by atomic mass is 9.61. The van der Waals surface area contributed by atoms with E-state index in [1.54, 1.807) is 0 Å². The van der Waals surface area contributed by atoms with Crippen LogP contribution in [0.5, 0.6) is 0 Å². The van der Waals surface area contributed by atoms with E-state index >= 15 is 0 Å². The number of rotatable bonds is 1. The van der Waals surface area contributed by atoms with E-state index in [1.807, 2.05) is 18.2 Å². The highest BCUT2D eigenvalue weighted by atomic mass is 16.3. The number of aliphatic hydroxyl groups is 1. The molecular weight excluding hydrogens is 151 g/mol. The van der Waals surface area contributed by atoms with Crippen LogP contribution < -0.4 is 5.46 Å². The van der Waals surface area contributed by atoms with E-state index in [2.05, 4.69) is 0 Å². The number of fused-ring (bicyclic) bond motifs is 1. The zero-order chi connectivity index (χ0) is 8.55. The Kier molecular flexibility index (Phi) is 1.91. The van der Waals surface area contributed by atoms with Gasteiger partial charge in [0.1, 0.15) is 0 Å². The van der Waals surface area contributed by atoms with Gasteiger partial charge in [-0.1, -0.05) is 23.8 Å². The highest BCUT2D eigenvalue weighted by Crippen LogP contribution is 2.15. The Morgan fingerprint density at radius 1 is 1.42 bits per heavy atom. The maximum absolute atomic E-state index is 9.58. The van der Waals surface area contributed by atoms with Crippen LogP contribution >= 0.6 is 0 Å². The highest BCUT2D eigenvalue weighted by Gasteiger charge is 2.26. The quantitative estimate of drug-likeness (QED) is 0.567. The second-order valence-corrected chi connectivity index (χ2v) is 3.20. The normalized spacial score (nSPS) is 15.0. The van der Waals surface area contributed by atoms with Gasteiger partial charge in [0, 0.05) is 0 Å². The molecule has 0 aromatic heterocycles. The molecule has 12 heavy (non-hydrogen) atoms. The average molecular weight is 162 g/mol. The van der Waals surface area contributed by atoms with Crippen molar-refractivity contribution in [3.63, 3.8) is 0 Å². The molecule has 0 unspecified atom stereocenters. The second kappa shape index (κ2) is 2.92. The molecule has 2 rings (SSSR count). The summed E-state index contributed by atoms with van der Waals surface area (Å²) in [4.78, 5) is 0. The largest absolute Gasteiger partial charge is 0.446 e. The second-order valence-electron chi connectivity index (χ2n) is 3.20. The summed E-state index contributed by atoms with van der Waals surface area (Å²) in [5, 5.41) is 18.6. The van der Waals surface area contributed by atoms with Crippen LogP contribution in [0.1, 0.15) is 11.1 Å². The van der Waals surface area contributed by atoms with Crippen LogP contribution in [0, 0.1) is 0 Å². The molecule has 0 bridgehead atoms. The van der Waals surface area contributed by atoms with Crippen molar-refractivity contribution in [1.82, 2.24) is 0 Å². The fourth-order valence-electron chi connectivity index (χ4n) is 1.89. The molecule has 0 saturated carbocycles. The van der Waals surface area contributed by atoms with Gasteiger partial charge in [0.2, 0.25) is 0 Å². The van der Waals surface area contributed by atoms with Gasteiger partial charge >= 0.3 is 6.92 Å². The zero-order valence-corrected chi connectivity index (χ0v) is 6.83. The SMILES string of the molecule is OCc1cccc2c1B(O)CC2.